The molecule has 0 aliphatic heterocycles. The number of ether oxygens (including phenoxy) is 3. The number of rotatable bonds is 8. The van der Waals surface area contributed by atoms with Crippen LogP contribution in [0.4, 0.5) is 0 Å². The lowest BCUT2D eigenvalue weighted by molar-refractivity contribution is -0.127. The third kappa shape index (κ3) is 5.04. The normalized spacial score (nSPS) is 11.6. The van der Waals surface area contributed by atoms with Crippen LogP contribution >= 0.6 is 0 Å². The molecule has 1 atom stereocenters. The molecule has 0 aliphatic carbocycles. The Morgan fingerprint density at radius 3 is 2.66 bits per heavy atom. The molecule has 0 saturated carbocycles. The fraction of sp³-hybridized carbons (Fsp3) is 0.286. The minimum atomic E-state index is -0.662. The van der Waals surface area contributed by atoms with Gasteiger partial charge in [0.05, 0.1) is 20.8 Å². The highest BCUT2D eigenvalue weighted by atomic mass is 16.5. The molecule has 8 nitrogen and oxygen atoms in total. The molecule has 3 rings (SSSR count). The van der Waals surface area contributed by atoms with E-state index in [9.17, 15) is 4.79 Å². The highest BCUT2D eigenvalue weighted by Gasteiger charge is 2.17. The van der Waals surface area contributed by atoms with Crippen LogP contribution in [0.15, 0.2) is 47.0 Å². The second kappa shape index (κ2) is 9.09. The maximum atomic E-state index is 12.3. The molecule has 8 heteroatoms. The van der Waals surface area contributed by atoms with Gasteiger partial charge in [0.25, 0.3) is 5.91 Å². The van der Waals surface area contributed by atoms with Crippen LogP contribution in [0.3, 0.4) is 0 Å². The van der Waals surface area contributed by atoms with Gasteiger partial charge in [0.2, 0.25) is 11.7 Å². The minimum Gasteiger partial charge on any atom is -0.493 e. The second-order valence-corrected chi connectivity index (χ2v) is 6.38. The molecule has 0 saturated heterocycles. The Morgan fingerprint density at radius 1 is 1.14 bits per heavy atom. The van der Waals surface area contributed by atoms with Gasteiger partial charge in [0, 0.05) is 5.56 Å². The molecule has 0 unspecified atom stereocenters. The summed E-state index contributed by atoms with van der Waals surface area (Å²) in [5, 5.41) is 6.69. The van der Waals surface area contributed by atoms with Crippen molar-refractivity contribution < 1.29 is 23.5 Å². The second-order valence-electron chi connectivity index (χ2n) is 6.38. The number of nitrogens with zero attached hydrogens (tertiary/aromatic N) is 2. The fourth-order valence-corrected chi connectivity index (χ4v) is 2.67. The van der Waals surface area contributed by atoms with Gasteiger partial charge in [-0.25, -0.2) is 0 Å². The first-order chi connectivity index (χ1) is 14.0. The van der Waals surface area contributed by atoms with Crippen molar-refractivity contribution in [1.29, 1.82) is 0 Å². The lowest BCUT2D eigenvalue weighted by atomic mass is 10.2. The van der Waals surface area contributed by atoms with Crippen molar-refractivity contribution in [3.05, 3.63) is 53.9 Å². The molecule has 3 aromatic rings. The number of hydrogen-bond donors (Lipinski definition) is 1. The molecule has 29 heavy (non-hydrogen) atoms. The van der Waals surface area contributed by atoms with E-state index in [1.807, 2.05) is 31.2 Å². The van der Waals surface area contributed by atoms with Crippen LogP contribution in [0.1, 0.15) is 18.4 Å². The van der Waals surface area contributed by atoms with Gasteiger partial charge in [-0.05, 0) is 49.7 Å². The maximum Gasteiger partial charge on any atom is 0.261 e. The topological polar surface area (TPSA) is 95.7 Å². The Hall–Kier alpha value is -3.55. The smallest absolute Gasteiger partial charge is 0.261 e. The summed E-state index contributed by atoms with van der Waals surface area (Å²) < 4.78 is 21.4. The number of carbonyl (C=O) groups is 1. The van der Waals surface area contributed by atoms with Gasteiger partial charge >= 0.3 is 0 Å². The number of hydrogen-bond acceptors (Lipinski definition) is 7. The zero-order valence-corrected chi connectivity index (χ0v) is 16.8. The van der Waals surface area contributed by atoms with E-state index in [1.54, 1.807) is 39.3 Å². The van der Waals surface area contributed by atoms with Gasteiger partial charge < -0.3 is 24.1 Å². The summed E-state index contributed by atoms with van der Waals surface area (Å²) in [4.78, 5) is 16.6. The lowest BCUT2D eigenvalue weighted by Gasteiger charge is -2.14. The predicted molar refractivity (Wildman–Crippen MR) is 106 cm³/mol. The van der Waals surface area contributed by atoms with Gasteiger partial charge in [0.15, 0.2) is 17.6 Å². The molecule has 2 aromatic carbocycles. The van der Waals surface area contributed by atoms with E-state index in [2.05, 4.69) is 15.5 Å². The first-order valence-electron chi connectivity index (χ1n) is 9.06. The fourth-order valence-electron chi connectivity index (χ4n) is 2.67. The summed E-state index contributed by atoms with van der Waals surface area (Å²) in [6, 6.07) is 12.8. The van der Waals surface area contributed by atoms with Gasteiger partial charge in [-0.2, -0.15) is 4.98 Å². The summed E-state index contributed by atoms with van der Waals surface area (Å²) >= 11 is 0. The monoisotopic (exact) mass is 397 g/mol. The molecule has 0 radical (unpaired) electrons. The van der Waals surface area contributed by atoms with Crippen LogP contribution in [-0.2, 0) is 11.3 Å². The molecule has 0 spiro atoms. The molecule has 1 N–H and O–H groups in total. The van der Waals surface area contributed by atoms with Crippen LogP contribution in [0, 0.1) is 6.92 Å². The van der Waals surface area contributed by atoms with Gasteiger partial charge in [-0.1, -0.05) is 17.3 Å². The van der Waals surface area contributed by atoms with Crippen molar-refractivity contribution in [3.63, 3.8) is 0 Å². The molecule has 0 aliphatic rings. The molecule has 152 valence electrons. The largest absolute Gasteiger partial charge is 0.493 e. The SMILES string of the molecule is COc1ccc(-c2noc(CNC(=O)[C@H](C)Oc3cccc(C)c3)n2)cc1OC. The first-order valence-corrected chi connectivity index (χ1v) is 9.06. The summed E-state index contributed by atoms with van der Waals surface area (Å²) in [5.41, 5.74) is 1.77. The highest BCUT2D eigenvalue weighted by molar-refractivity contribution is 5.80. The molecule has 1 aromatic heterocycles. The Balaban J connectivity index is 1.59. The summed E-state index contributed by atoms with van der Waals surface area (Å²) in [7, 11) is 3.12. The Bertz CT molecular complexity index is 986. The van der Waals surface area contributed by atoms with E-state index >= 15 is 0 Å². The lowest BCUT2D eigenvalue weighted by Crippen LogP contribution is -2.36. The van der Waals surface area contributed by atoms with Crippen LogP contribution in [-0.4, -0.2) is 36.4 Å². The number of aromatic nitrogens is 2. The van der Waals surface area contributed by atoms with Crippen molar-refractivity contribution in [2.24, 2.45) is 0 Å². The highest BCUT2D eigenvalue weighted by Crippen LogP contribution is 2.31. The van der Waals surface area contributed by atoms with E-state index in [-0.39, 0.29) is 18.3 Å². The standard InChI is InChI=1S/C21H23N3O5/c1-13-6-5-7-16(10-13)28-14(2)21(25)22-12-19-23-20(24-29-19)15-8-9-17(26-3)18(11-15)27-4/h5-11,14H,12H2,1-4H3,(H,22,25)/t14-/m0/s1. The Kier molecular flexibility index (Phi) is 6.33. The Labute approximate surface area is 168 Å². The number of amides is 1. The van der Waals surface area contributed by atoms with Gasteiger partial charge in [-0.3, -0.25) is 4.79 Å². The van der Waals surface area contributed by atoms with Crippen molar-refractivity contribution in [2.75, 3.05) is 14.2 Å². The zero-order chi connectivity index (χ0) is 20.8. The van der Waals surface area contributed by atoms with Crippen molar-refractivity contribution in [3.8, 4) is 28.6 Å². The van der Waals surface area contributed by atoms with E-state index in [4.69, 9.17) is 18.7 Å². The van der Waals surface area contributed by atoms with Crippen LogP contribution in [0.5, 0.6) is 17.2 Å². The van der Waals surface area contributed by atoms with Crippen LogP contribution in [0.2, 0.25) is 0 Å². The molecular weight excluding hydrogens is 374 g/mol. The molecular formula is C21H23N3O5. The number of carbonyl (C=O) groups excluding carboxylic acids is 1. The van der Waals surface area contributed by atoms with Gasteiger partial charge in [0.1, 0.15) is 5.75 Å². The quantitative estimate of drug-likeness (QED) is 0.624. The average Bonchev–Trinajstić information content (AvgIpc) is 3.20. The number of nitrogens with one attached hydrogen (secondary N) is 1. The van der Waals surface area contributed by atoms with E-state index < -0.39 is 6.10 Å². The summed E-state index contributed by atoms with van der Waals surface area (Å²) in [6.07, 6.45) is -0.662. The molecule has 1 amide bonds. The third-order valence-electron chi connectivity index (χ3n) is 4.20. The number of methoxy groups -OCH3 is 2. The molecule has 1 heterocycles. The van der Waals surface area contributed by atoms with Crippen molar-refractivity contribution in [1.82, 2.24) is 15.5 Å². The number of aryl methyl sites for hydroxylation is 1. The van der Waals surface area contributed by atoms with Gasteiger partial charge in [-0.15, -0.1) is 0 Å². The maximum absolute atomic E-state index is 12.3. The van der Waals surface area contributed by atoms with E-state index in [1.165, 1.54) is 0 Å². The third-order valence-corrected chi connectivity index (χ3v) is 4.20. The minimum absolute atomic E-state index is 0.0979. The number of benzene rings is 2. The Morgan fingerprint density at radius 2 is 1.93 bits per heavy atom. The molecule has 0 bridgehead atoms. The summed E-state index contributed by atoms with van der Waals surface area (Å²) in [6.45, 7) is 3.74. The van der Waals surface area contributed by atoms with Crippen LogP contribution in [0.25, 0.3) is 11.4 Å². The van der Waals surface area contributed by atoms with Crippen molar-refractivity contribution in [2.45, 2.75) is 26.5 Å². The van der Waals surface area contributed by atoms with E-state index in [0.29, 0.717) is 28.6 Å². The molecule has 0 fully saturated rings. The van der Waals surface area contributed by atoms with Crippen molar-refractivity contribution >= 4 is 5.91 Å². The predicted octanol–water partition coefficient (Wildman–Crippen LogP) is 3.15. The van der Waals surface area contributed by atoms with Crippen LogP contribution < -0.4 is 19.5 Å². The average molecular weight is 397 g/mol. The first kappa shape index (κ1) is 20.2. The van der Waals surface area contributed by atoms with E-state index in [0.717, 1.165) is 5.56 Å². The zero-order valence-electron chi connectivity index (χ0n) is 16.8. The summed E-state index contributed by atoms with van der Waals surface area (Å²) in [5.74, 6) is 2.20.